The van der Waals surface area contributed by atoms with Gasteiger partial charge in [-0.2, -0.15) is 0 Å². The summed E-state index contributed by atoms with van der Waals surface area (Å²) < 4.78 is 0. The molecular weight excluding hydrogens is 240 g/mol. The maximum atomic E-state index is 11.3. The van der Waals surface area contributed by atoms with Crippen LogP contribution in [0.25, 0.3) is 0 Å². The molecule has 1 fully saturated rings. The SMILES string of the molecule is Cc1cc(C(N)=O)cc(N2CC(CN)CCC2C)n1. The summed E-state index contributed by atoms with van der Waals surface area (Å²) >= 11 is 0. The number of aromatic nitrogens is 1. The van der Waals surface area contributed by atoms with Crippen molar-refractivity contribution in [2.75, 3.05) is 18.0 Å². The number of primary amides is 1. The summed E-state index contributed by atoms with van der Waals surface area (Å²) in [5.41, 5.74) is 12.5. The first-order chi connectivity index (χ1) is 9.01. The summed E-state index contributed by atoms with van der Waals surface area (Å²) in [4.78, 5) is 18.1. The predicted molar refractivity (Wildman–Crippen MR) is 76.1 cm³/mol. The quantitative estimate of drug-likeness (QED) is 0.852. The lowest BCUT2D eigenvalue weighted by Gasteiger charge is -2.38. The zero-order valence-electron chi connectivity index (χ0n) is 11.6. The van der Waals surface area contributed by atoms with Crippen LogP contribution in [0.4, 0.5) is 5.82 Å². The molecule has 1 aliphatic rings. The molecular formula is C14H22N4O. The van der Waals surface area contributed by atoms with Gasteiger partial charge in [-0.05, 0) is 51.3 Å². The Hall–Kier alpha value is -1.62. The molecule has 0 spiro atoms. The number of carbonyl (C=O) groups excluding carboxylic acids is 1. The van der Waals surface area contributed by atoms with E-state index in [1.807, 2.05) is 6.92 Å². The number of amides is 1. The van der Waals surface area contributed by atoms with E-state index in [-0.39, 0.29) is 0 Å². The van der Waals surface area contributed by atoms with Crippen molar-refractivity contribution >= 4 is 11.7 Å². The molecule has 4 N–H and O–H groups in total. The molecule has 2 heterocycles. The minimum atomic E-state index is -0.410. The number of hydrogen-bond acceptors (Lipinski definition) is 4. The number of rotatable bonds is 3. The molecule has 1 aromatic heterocycles. The van der Waals surface area contributed by atoms with Crippen LogP contribution in [0.2, 0.25) is 0 Å². The number of pyridine rings is 1. The minimum absolute atomic E-state index is 0.410. The van der Waals surface area contributed by atoms with Crippen molar-refractivity contribution in [3.05, 3.63) is 23.4 Å². The van der Waals surface area contributed by atoms with Crippen LogP contribution in [0.1, 0.15) is 35.8 Å². The molecule has 1 saturated heterocycles. The van der Waals surface area contributed by atoms with Crippen molar-refractivity contribution < 1.29 is 4.79 Å². The van der Waals surface area contributed by atoms with E-state index in [1.54, 1.807) is 12.1 Å². The van der Waals surface area contributed by atoms with E-state index in [2.05, 4.69) is 16.8 Å². The number of nitrogens with zero attached hydrogens (tertiary/aromatic N) is 2. The molecule has 2 atom stereocenters. The second kappa shape index (κ2) is 5.57. The highest BCUT2D eigenvalue weighted by atomic mass is 16.1. The second-order valence-corrected chi connectivity index (χ2v) is 5.40. The largest absolute Gasteiger partial charge is 0.366 e. The van der Waals surface area contributed by atoms with E-state index in [1.165, 1.54) is 0 Å². The summed E-state index contributed by atoms with van der Waals surface area (Å²) in [6, 6.07) is 3.92. The van der Waals surface area contributed by atoms with Gasteiger partial charge in [0.2, 0.25) is 5.91 Å². The lowest BCUT2D eigenvalue weighted by molar-refractivity contribution is 0.1000. The van der Waals surface area contributed by atoms with E-state index in [0.717, 1.165) is 30.9 Å². The molecule has 5 nitrogen and oxygen atoms in total. The van der Waals surface area contributed by atoms with Crippen molar-refractivity contribution in [3.8, 4) is 0 Å². The van der Waals surface area contributed by atoms with Crippen LogP contribution in [0.3, 0.4) is 0 Å². The predicted octanol–water partition coefficient (Wildman–Crippen LogP) is 1.05. The fourth-order valence-electron chi connectivity index (χ4n) is 2.63. The van der Waals surface area contributed by atoms with Gasteiger partial charge in [0, 0.05) is 23.8 Å². The van der Waals surface area contributed by atoms with Crippen LogP contribution in [0.15, 0.2) is 12.1 Å². The Morgan fingerprint density at radius 3 is 2.84 bits per heavy atom. The van der Waals surface area contributed by atoms with Gasteiger partial charge in [-0.15, -0.1) is 0 Å². The molecule has 104 valence electrons. The highest BCUT2D eigenvalue weighted by Gasteiger charge is 2.26. The highest BCUT2D eigenvalue weighted by molar-refractivity contribution is 5.93. The van der Waals surface area contributed by atoms with E-state index in [0.29, 0.717) is 24.1 Å². The fourth-order valence-corrected chi connectivity index (χ4v) is 2.63. The van der Waals surface area contributed by atoms with Gasteiger partial charge in [0.1, 0.15) is 5.82 Å². The van der Waals surface area contributed by atoms with Crippen molar-refractivity contribution in [2.24, 2.45) is 17.4 Å². The van der Waals surface area contributed by atoms with Gasteiger partial charge in [-0.1, -0.05) is 0 Å². The van der Waals surface area contributed by atoms with Crippen LogP contribution in [0.5, 0.6) is 0 Å². The molecule has 0 aromatic carbocycles. The van der Waals surface area contributed by atoms with Gasteiger partial charge in [-0.3, -0.25) is 4.79 Å². The lowest BCUT2D eigenvalue weighted by Crippen LogP contribution is -2.44. The normalized spacial score (nSPS) is 23.4. The molecule has 0 radical (unpaired) electrons. The first kappa shape index (κ1) is 13.8. The standard InChI is InChI=1S/C14H22N4O/c1-9-5-12(14(16)19)6-13(17-9)18-8-11(7-15)4-3-10(18)2/h5-6,10-11H,3-4,7-8,15H2,1-2H3,(H2,16,19). The maximum Gasteiger partial charge on any atom is 0.248 e. The molecule has 2 rings (SSSR count). The lowest BCUT2D eigenvalue weighted by atomic mass is 9.93. The molecule has 0 saturated carbocycles. The minimum Gasteiger partial charge on any atom is -0.366 e. The Bertz CT molecular complexity index is 475. The summed E-state index contributed by atoms with van der Waals surface area (Å²) in [5.74, 6) is 0.918. The van der Waals surface area contributed by atoms with Gasteiger partial charge in [-0.25, -0.2) is 4.98 Å². The molecule has 0 bridgehead atoms. The molecule has 2 unspecified atom stereocenters. The zero-order valence-corrected chi connectivity index (χ0v) is 11.6. The Morgan fingerprint density at radius 1 is 1.47 bits per heavy atom. The molecule has 1 amide bonds. The van der Waals surface area contributed by atoms with Gasteiger partial charge < -0.3 is 16.4 Å². The first-order valence-corrected chi connectivity index (χ1v) is 6.76. The number of carbonyl (C=O) groups is 1. The Balaban J connectivity index is 2.31. The zero-order chi connectivity index (χ0) is 14.0. The third-order valence-electron chi connectivity index (χ3n) is 3.83. The van der Waals surface area contributed by atoms with Crippen molar-refractivity contribution in [2.45, 2.75) is 32.7 Å². The van der Waals surface area contributed by atoms with E-state index in [4.69, 9.17) is 11.5 Å². The van der Waals surface area contributed by atoms with Crippen LogP contribution < -0.4 is 16.4 Å². The molecule has 0 aliphatic carbocycles. The van der Waals surface area contributed by atoms with E-state index in [9.17, 15) is 4.79 Å². The number of piperidine rings is 1. The van der Waals surface area contributed by atoms with Crippen LogP contribution in [-0.2, 0) is 0 Å². The van der Waals surface area contributed by atoms with E-state index >= 15 is 0 Å². The van der Waals surface area contributed by atoms with Crippen molar-refractivity contribution in [1.82, 2.24) is 4.98 Å². The Morgan fingerprint density at radius 2 is 2.21 bits per heavy atom. The third kappa shape index (κ3) is 3.04. The monoisotopic (exact) mass is 262 g/mol. The van der Waals surface area contributed by atoms with Gasteiger partial charge in [0.15, 0.2) is 0 Å². The highest BCUT2D eigenvalue weighted by Crippen LogP contribution is 2.26. The fraction of sp³-hybridized carbons (Fsp3) is 0.571. The first-order valence-electron chi connectivity index (χ1n) is 6.76. The Labute approximate surface area is 114 Å². The topological polar surface area (TPSA) is 85.2 Å². The van der Waals surface area contributed by atoms with Crippen LogP contribution in [0, 0.1) is 12.8 Å². The van der Waals surface area contributed by atoms with Crippen molar-refractivity contribution in [3.63, 3.8) is 0 Å². The summed E-state index contributed by atoms with van der Waals surface area (Å²) in [7, 11) is 0. The number of aryl methyl sites for hydroxylation is 1. The molecule has 5 heteroatoms. The third-order valence-corrected chi connectivity index (χ3v) is 3.83. The molecule has 1 aliphatic heterocycles. The van der Waals surface area contributed by atoms with Crippen molar-refractivity contribution in [1.29, 1.82) is 0 Å². The number of nitrogens with two attached hydrogens (primary N) is 2. The molecule has 1 aromatic rings. The van der Waals surface area contributed by atoms with Gasteiger partial charge >= 0.3 is 0 Å². The van der Waals surface area contributed by atoms with Gasteiger partial charge in [0.25, 0.3) is 0 Å². The summed E-state index contributed by atoms with van der Waals surface area (Å²) in [6.45, 7) is 5.65. The van der Waals surface area contributed by atoms with Crippen LogP contribution in [-0.4, -0.2) is 30.0 Å². The summed E-state index contributed by atoms with van der Waals surface area (Å²) in [6.07, 6.45) is 2.26. The second-order valence-electron chi connectivity index (χ2n) is 5.40. The number of anilines is 1. The maximum absolute atomic E-state index is 11.3. The average Bonchev–Trinajstić information content (AvgIpc) is 2.38. The van der Waals surface area contributed by atoms with E-state index < -0.39 is 5.91 Å². The molecule has 19 heavy (non-hydrogen) atoms. The smallest absolute Gasteiger partial charge is 0.248 e. The average molecular weight is 262 g/mol. The van der Waals surface area contributed by atoms with Gasteiger partial charge in [0.05, 0.1) is 0 Å². The Kier molecular flexibility index (Phi) is 4.04. The van der Waals surface area contributed by atoms with Crippen LogP contribution >= 0.6 is 0 Å². The summed E-state index contributed by atoms with van der Waals surface area (Å²) in [5, 5.41) is 0. The number of hydrogen-bond donors (Lipinski definition) is 2.